The first-order chi connectivity index (χ1) is 15.0. The second-order valence-electron chi connectivity index (χ2n) is 10.6. The van der Waals surface area contributed by atoms with Crippen LogP contribution in [0.1, 0.15) is 78.6 Å². The van der Waals surface area contributed by atoms with E-state index in [0.717, 1.165) is 49.0 Å². The van der Waals surface area contributed by atoms with Crippen molar-refractivity contribution in [2.45, 2.75) is 83.0 Å². The highest BCUT2D eigenvalue weighted by molar-refractivity contribution is 7.17. The van der Waals surface area contributed by atoms with Crippen LogP contribution in [0.2, 0.25) is 0 Å². The predicted molar refractivity (Wildman–Crippen MR) is 118 cm³/mol. The van der Waals surface area contributed by atoms with Gasteiger partial charge >= 0.3 is 0 Å². The van der Waals surface area contributed by atoms with E-state index in [2.05, 4.69) is 10.6 Å². The second-order valence-corrected chi connectivity index (χ2v) is 11.7. The fraction of sp³-hybridized carbons (Fsp3) is 0.750. The first-order valence-electron chi connectivity index (χ1n) is 12.1. The van der Waals surface area contributed by atoms with E-state index in [1.54, 1.807) is 0 Å². The normalized spacial score (nSPS) is 38.2. The Balaban J connectivity index is 1.28. The average molecular weight is 445 g/mol. The Morgan fingerprint density at radius 2 is 1.87 bits per heavy atom. The Morgan fingerprint density at radius 3 is 2.65 bits per heavy atom. The van der Waals surface area contributed by atoms with Gasteiger partial charge in [-0.1, -0.05) is 12.8 Å². The van der Waals surface area contributed by atoms with Gasteiger partial charge in [-0.3, -0.25) is 9.59 Å². The van der Waals surface area contributed by atoms with E-state index in [1.807, 2.05) is 0 Å². The molecule has 5 aliphatic carbocycles. The highest BCUT2D eigenvalue weighted by Crippen LogP contribution is 2.65. The van der Waals surface area contributed by atoms with Crippen molar-refractivity contribution in [1.82, 2.24) is 5.32 Å². The average Bonchev–Trinajstić information content (AvgIpc) is 3.33. The zero-order valence-electron chi connectivity index (χ0n) is 18.0. The van der Waals surface area contributed by atoms with Gasteiger partial charge in [0.05, 0.1) is 36.3 Å². The predicted octanol–water partition coefficient (Wildman–Crippen LogP) is 3.62. The lowest BCUT2D eigenvalue weighted by atomic mass is 9.75. The van der Waals surface area contributed by atoms with Crippen LogP contribution in [-0.4, -0.2) is 35.7 Å². The van der Waals surface area contributed by atoms with Gasteiger partial charge in [-0.05, 0) is 74.7 Å². The number of thiophene rings is 1. The van der Waals surface area contributed by atoms with Gasteiger partial charge in [-0.2, -0.15) is 0 Å². The van der Waals surface area contributed by atoms with Gasteiger partial charge < -0.3 is 20.5 Å². The zero-order valence-corrected chi connectivity index (χ0v) is 18.8. The van der Waals surface area contributed by atoms with E-state index in [0.29, 0.717) is 48.0 Å². The highest BCUT2D eigenvalue weighted by atomic mass is 32.1. The van der Waals surface area contributed by atoms with Crippen LogP contribution in [0.3, 0.4) is 0 Å². The number of carbonyl (C=O) groups excluding carboxylic acids is 2. The number of ether oxygens (including phenoxy) is 1. The monoisotopic (exact) mass is 444 g/mol. The number of rotatable bonds is 4. The van der Waals surface area contributed by atoms with Crippen molar-refractivity contribution in [3.8, 4) is 0 Å². The van der Waals surface area contributed by atoms with Crippen LogP contribution in [0.5, 0.6) is 0 Å². The third kappa shape index (κ3) is 3.26. The molecular formula is C24H32N2O4S. The van der Waals surface area contributed by atoms with Crippen LogP contribution in [0.4, 0.5) is 5.00 Å². The van der Waals surface area contributed by atoms with Gasteiger partial charge in [0, 0.05) is 4.88 Å². The van der Waals surface area contributed by atoms with Crippen molar-refractivity contribution >= 4 is 28.2 Å². The molecule has 6 atom stereocenters. The second kappa shape index (κ2) is 7.56. The minimum absolute atomic E-state index is 0.133. The Kier molecular flexibility index (Phi) is 4.92. The summed E-state index contributed by atoms with van der Waals surface area (Å²) in [5, 5.41) is 17.4. The fourth-order valence-electron chi connectivity index (χ4n) is 7.48. The third-order valence-corrected chi connectivity index (χ3v) is 9.88. The molecule has 168 valence electrons. The van der Waals surface area contributed by atoms with Gasteiger partial charge in [0.1, 0.15) is 5.00 Å². The molecule has 6 aliphatic rings. The maximum absolute atomic E-state index is 13.6. The largest absolute Gasteiger partial charge is 0.391 e. The molecule has 2 heterocycles. The molecule has 0 aromatic carbocycles. The topological polar surface area (TPSA) is 87.7 Å². The Morgan fingerprint density at radius 1 is 1.10 bits per heavy atom. The Labute approximate surface area is 187 Å². The van der Waals surface area contributed by atoms with Crippen LogP contribution in [0, 0.1) is 23.2 Å². The number of anilines is 1. The van der Waals surface area contributed by atoms with Crippen molar-refractivity contribution in [2.24, 2.45) is 23.2 Å². The summed E-state index contributed by atoms with van der Waals surface area (Å²) in [5.74, 6) is 1.92. The van der Waals surface area contributed by atoms with E-state index in [1.165, 1.54) is 30.6 Å². The molecular weight excluding hydrogens is 412 g/mol. The summed E-state index contributed by atoms with van der Waals surface area (Å²) in [6, 6.07) is -0.208. The summed E-state index contributed by atoms with van der Waals surface area (Å²) >= 11 is 1.50. The fourth-order valence-corrected chi connectivity index (χ4v) is 8.65. The number of amides is 2. The number of carbonyl (C=O) groups is 2. The van der Waals surface area contributed by atoms with Gasteiger partial charge in [0.2, 0.25) is 5.91 Å². The van der Waals surface area contributed by atoms with Gasteiger partial charge in [0.25, 0.3) is 5.91 Å². The van der Waals surface area contributed by atoms with Crippen molar-refractivity contribution in [1.29, 1.82) is 0 Å². The summed E-state index contributed by atoms with van der Waals surface area (Å²) < 4.78 is 5.63. The quantitative estimate of drug-likeness (QED) is 0.662. The van der Waals surface area contributed by atoms with Gasteiger partial charge in [-0.15, -0.1) is 11.3 Å². The van der Waals surface area contributed by atoms with Gasteiger partial charge in [0.15, 0.2) is 0 Å². The summed E-state index contributed by atoms with van der Waals surface area (Å²) in [6.45, 7) is 1.10. The Bertz CT molecular complexity index is 898. The van der Waals surface area contributed by atoms with Crippen LogP contribution in [0.25, 0.3) is 0 Å². The lowest BCUT2D eigenvalue weighted by Gasteiger charge is -2.31. The van der Waals surface area contributed by atoms with Crippen LogP contribution in [0.15, 0.2) is 0 Å². The molecule has 7 heteroatoms. The van der Waals surface area contributed by atoms with E-state index in [4.69, 9.17) is 4.74 Å². The van der Waals surface area contributed by atoms with Crippen LogP contribution < -0.4 is 10.6 Å². The highest BCUT2D eigenvalue weighted by Gasteiger charge is 2.61. The molecule has 5 saturated carbocycles. The molecule has 3 N–H and O–H groups in total. The molecule has 1 aromatic rings. The van der Waals surface area contributed by atoms with E-state index >= 15 is 0 Å². The smallest absolute Gasteiger partial charge is 0.254 e. The maximum Gasteiger partial charge on any atom is 0.254 e. The molecule has 4 bridgehead atoms. The molecule has 2 amide bonds. The van der Waals surface area contributed by atoms with Crippen molar-refractivity contribution in [3.63, 3.8) is 0 Å². The third-order valence-electron chi connectivity index (χ3n) is 8.76. The molecule has 0 spiro atoms. The summed E-state index contributed by atoms with van der Waals surface area (Å²) in [5.41, 5.74) is 1.41. The van der Waals surface area contributed by atoms with E-state index < -0.39 is 6.10 Å². The van der Waals surface area contributed by atoms with Crippen molar-refractivity contribution in [2.75, 3.05) is 11.9 Å². The minimum atomic E-state index is -0.489. The standard InChI is InChI=1S/C24H32N2O4S/c27-18-4-2-1-3-17(18)25-21(28)20-16-5-6-30-12-19(16)31-22(20)26-23(29)24-10-13-7-14(11-24)9-15(24)8-13/h13-15,17-18,27H,1-12H2,(H,25,28)(H,26,29)/t13-,14?,15+,17?,18?,24?/m0/s1. The Hall–Kier alpha value is -1.44. The first kappa shape index (κ1) is 20.2. The maximum atomic E-state index is 13.6. The molecule has 0 radical (unpaired) electrons. The summed E-state index contributed by atoms with van der Waals surface area (Å²) in [6.07, 6.45) is 9.50. The number of aliphatic hydroxyl groups excluding tert-OH is 1. The zero-order chi connectivity index (χ0) is 21.2. The van der Waals surface area contributed by atoms with Crippen LogP contribution in [-0.2, 0) is 22.6 Å². The number of fused-ring (bicyclic) bond motifs is 1. The molecule has 31 heavy (non-hydrogen) atoms. The lowest BCUT2D eigenvalue weighted by molar-refractivity contribution is -0.127. The molecule has 1 aliphatic heterocycles. The molecule has 4 unspecified atom stereocenters. The molecule has 6 nitrogen and oxygen atoms in total. The van der Waals surface area contributed by atoms with Crippen molar-refractivity contribution in [3.05, 3.63) is 16.0 Å². The number of hydrogen-bond acceptors (Lipinski definition) is 5. The minimum Gasteiger partial charge on any atom is -0.391 e. The molecule has 0 saturated heterocycles. The first-order valence-corrected chi connectivity index (χ1v) is 12.9. The van der Waals surface area contributed by atoms with Crippen molar-refractivity contribution < 1.29 is 19.4 Å². The number of hydrogen-bond donors (Lipinski definition) is 3. The molecule has 7 rings (SSSR count). The summed E-state index contributed by atoms with van der Waals surface area (Å²) in [7, 11) is 0. The molecule has 5 fully saturated rings. The van der Waals surface area contributed by atoms with Crippen LogP contribution >= 0.6 is 11.3 Å². The molecule has 1 aromatic heterocycles. The number of nitrogens with one attached hydrogen (secondary N) is 2. The van der Waals surface area contributed by atoms with E-state index in [-0.39, 0.29) is 23.3 Å². The summed E-state index contributed by atoms with van der Waals surface area (Å²) in [4.78, 5) is 28.0. The lowest BCUT2D eigenvalue weighted by Crippen LogP contribution is -2.45. The van der Waals surface area contributed by atoms with Gasteiger partial charge in [-0.25, -0.2) is 0 Å². The number of aliphatic hydroxyl groups is 1. The van der Waals surface area contributed by atoms with E-state index in [9.17, 15) is 14.7 Å². The SMILES string of the molecule is O=C(NC1CCCCC1O)c1c(NC(=O)C23CC4C[C@@H](C[C@@H]2C4)C3)sc2c1CCOC2.